The van der Waals surface area contributed by atoms with Crippen molar-refractivity contribution in [1.29, 1.82) is 10.5 Å². The number of rotatable bonds is 4. The fourth-order valence-corrected chi connectivity index (χ4v) is 4.24. The number of hydrogen-bond donors (Lipinski definition) is 1. The fraction of sp³-hybridized carbons (Fsp3) is 0.214. The second-order valence-electron chi connectivity index (χ2n) is 4.68. The number of hydrogen-bond acceptors (Lipinski definition) is 7. The minimum Gasteiger partial charge on any atom is -0.360 e. The van der Waals surface area contributed by atoms with Crippen LogP contribution in [0, 0.1) is 22.7 Å². The number of nitrogens with zero attached hydrogens (tertiary/aromatic N) is 3. The van der Waals surface area contributed by atoms with Crippen LogP contribution in [-0.4, -0.2) is 18.7 Å². The Morgan fingerprint density at radius 2 is 2.05 bits per heavy atom. The molecule has 1 N–H and O–H groups in total. The third-order valence-corrected chi connectivity index (χ3v) is 6.44. The van der Waals surface area contributed by atoms with E-state index in [-0.39, 0.29) is 9.91 Å². The average molecular weight is 332 g/mol. The standard InChI is InChI=1S/C14H12N4O2S2/c1-9(2)22(19,20)14-18-12-4-3-11(5-13(12)21-14)17-8-10(6-15)7-16/h3-5,8-9,17H,1-2H3. The van der Waals surface area contributed by atoms with E-state index >= 15 is 0 Å². The first kappa shape index (κ1) is 16.0. The van der Waals surface area contributed by atoms with Gasteiger partial charge in [0.25, 0.3) is 0 Å². The van der Waals surface area contributed by atoms with Crippen molar-refractivity contribution in [1.82, 2.24) is 4.98 Å². The van der Waals surface area contributed by atoms with E-state index in [1.807, 2.05) is 0 Å². The minimum absolute atomic E-state index is 0.0486. The maximum absolute atomic E-state index is 12.1. The normalized spacial score (nSPS) is 11.0. The van der Waals surface area contributed by atoms with E-state index in [1.54, 1.807) is 44.2 Å². The number of thiazole rings is 1. The molecule has 0 atom stereocenters. The van der Waals surface area contributed by atoms with Crippen LogP contribution in [-0.2, 0) is 9.84 Å². The lowest BCUT2D eigenvalue weighted by atomic mass is 10.3. The first-order valence-electron chi connectivity index (χ1n) is 6.30. The summed E-state index contributed by atoms with van der Waals surface area (Å²) < 4.78 is 25.1. The van der Waals surface area contributed by atoms with Gasteiger partial charge < -0.3 is 5.32 Å². The molecule has 1 heterocycles. The van der Waals surface area contributed by atoms with E-state index in [0.29, 0.717) is 15.9 Å². The predicted molar refractivity (Wildman–Crippen MR) is 84.9 cm³/mol. The van der Waals surface area contributed by atoms with Crippen LogP contribution in [0.3, 0.4) is 0 Å². The number of sulfone groups is 1. The largest absolute Gasteiger partial charge is 0.360 e. The lowest BCUT2D eigenvalue weighted by molar-refractivity contribution is 0.587. The zero-order valence-corrected chi connectivity index (χ0v) is 13.5. The first-order chi connectivity index (χ1) is 10.4. The molecule has 0 aliphatic heterocycles. The molecule has 0 aliphatic carbocycles. The Hall–Kier alpha value is -2.42. The molecule has 6 nitrogen and oxygen atoms in total. The van der Waals surface area contributed by atoms with Crippen LogP contribution in [0.5, 0.6) is 0 Å². The van der Waals surface area contributed by atoms with Crippen molar-refractivity contribution in [2.45, 2.75) is 23.4 Å². The van der Waals surface area contributed by atoms with E-state index in [2.05, 4.69) is 10.3 Å². The van der Waals surface area contributed by atoms with Crippen molar-refractivity contribution in [2.24, 2.45) is 0 Å². The third kappa shape index (κ3) is 3.08. The van der Waals surface area contributed by atoms with Crippen LogP contribution in [0.4, 0.5) is 5.69 Å². The maximum atomic E-state index is 12.1. The summed E-state index contributed by atoms with van der Waals surface area (Å²) in [5.74, 6) is 0. The summed E-state index contributed by atoms with van der Waals surface area (Å²) in [7, 11) is -3.40. The molecule has 0 fully saturated rings. The maximum Gasteiger partial charge on any atom is 0.210 e. The van der Waals surface area contributed by atoms with Gasteiger partial charge >= 0.3 is 0 Å². The molecule has 8 heteroatoms. The van der Waals surface area contributed by atoms with Crippen molar-refractivity contribution in [3.63, 3.8) is 0 Å². The molecular formula is C14H12N4O2S2. The molecule has 0 saturated heterocycles. The van der Waals surface area contributed by atoms with E-state index in [9.17, 15) is 8.42 Å². The van der Waals surface area contributed by atoms with Crippen LogP contribution in [0.2, 0.25) is 0 Å². The molecular weight excluding hydrogens is 320 g/mol. The van der Waals surface area contributed by atoms with Gasteiger partial charge in [-0.3, -0.25) is 0 Å². The summed E-state index contributed by atoms with van der Waals surface area (Å²) in [5.41, 5.74) is 1.19. The monoisotopic (exact) mass is 332 g/mol. The van der Waals surface area contributed by atoms with Gasteiger partial charge in [-0.05, 0) is 32.0 Å². The van der Waals surface area contributed by atoms with Gasteiger partial charge in [-0.25, -0.2) is 13.4 Å². The Kier molecular flexibility index (Phi) is 4.45. The molecule has 0 radical (unpaired) electrons. The van der Waals surface area contributed by atoms with Crippen LogP contribution >= 0.6 is 11.3 Å². The fourth-order valence-electron chi connectivity index (χ4n) is 1.56. The van der Waals surface area contributed by atoms with Crippen molar-refractivity contribution in [3.05, 3.63) is 30.0 Å². The number of allylic oxidation sites excluding steroid dienone is 1. The molecule has 0 amide bonds. The highest BCUT2D eigenvalue weighted by Crippen LogP contribution is 2.29. The SMILES string of the molecule is CC(C)S(=O)(=O)c1nc2ccc(NC=C(C#N)C#N)cc2s1. The summed E-state index contributed by atoms with van der Waals surface area (Å²) in [5, 5.41) is 19.6. The van der Waals surface area contributed by atoms with Gasteiger partial charge in [0.2, 0.25) is 14.2 Å². The third-order valence-electron chi connectivity index (χ3n) is 2.86. The smallest absolute Gasteiger partial charge is 0.210 e. The molecule has 2 aromatic rings. The van der Waals surface area contributed by atoms with Crippen LogP contribution in [0.15, 0.2) is 34.3 Å². The van der Waals surface area contributed by atoms with Gasteiger partial charge in [-0.15, -0.1) is 11.3 Å². The Labute approximate surface area is 132 Å². The topological polar surface area (TPSA) is 107 Å². The average Bonchev–Trinajstić information content (AvgIpc) is 2.92. The second kappa shape index (κ2) is 6.14. The van der Waals surface area contributed by atoms with Crippen molar-refractivity contribution in [2.75, 3.05) is 5.32 Å². The summed E-state index contributed by atoms with van der Waals surface area (Å²) in [6.07, 6.45) is 1.30. The molecule has 0 saturated carbocycles. The highest BCUT2D eigenvalue weighted by molar-refractivity contribution is 7.94. The quantitative estimate of drug-likeness (QED) is 0.863. The van der Waals surface area contributed by atoms with Gasteiger partial charge in [-0.2, -0.15) is 10.5 Å². The number of aromatic nitrogens is 1. The molecule has 0 bridgehead atoms. The molecule has 112 valence electrons. The van der Waals surface area contributed by atoms with Crippen molar-refractivity contribution in [3.8, 4) is 12.1 Å². The number of nitriles is 2. The molecule has 2 rings (SSSR count). The summed E-state index contributed by atoms with van der Waals surface area (Å²) >= 11 is 1.10. The number of nitrogens with one attached hydrogen (secondary N) is 1. The molecule has 0 unspecified atom stereocenters. The zero-order chi connectivity index (χ0) is 16.3. The summed E-state index contributed by atoms with van der Waals surface area (Å²) in [6, 6.07) is 8.62. The predicted octanol–water partition coefficient (Wildman–Crippen LogP) is 2.82. The first-order valence-corrected chi connectivity index (χ1v) is 8.66. The molecule has 0 spiro atoms. The van der Waals surface area contributed by atoms with E-state index in [0.717, 1.165) is 11.3 Å². The van der Waals surface area contributed by atoms with E-state index in [4.69, 9.17) is 10.5 Å². The summed E-state index contributed by atoms with van der Waals surface area (Å²) in [6.45, 7) is 3.23. The van der Waals surface area contributed by atoms with Crippen LogP contribution in [0.25, 0.3) is 10.2 Å². The van der Waals surface area contributed by atoms with Gasteiger partial charge in [0.15, 0.2) is 0 Å². The number of anilines is 1. The van der Waals surface area contributed by atoms with Gasteiger partial charge in [-0.1, -0.05) is 0 Å². The zero-order valence-electron chi connectivity index (χ0n) is 11.9. The van der Waals surface area contributed by atoms with E-state index < -0.39 is 15.1 Å². The highest BCUT2D eigenvalue weighted by atomic mass is 32.2. The minimum atomic E-state index is -3.40. The molecule has 1 aromatic heterocycles. The molecule has 22 heavy (non-hydrogen) atoms. The van der Waals surface area contributed by atoms with Crippen LogP contribution < -0.4 is 5.32 Å². The second-order valence-corrected chi connectivity index (χ2v) is 8.39. The van der Waals surface area contributed by atoms with Gasteiger partial charge in [0.1, 0.15) is 17.7 Å². The van der Waals surface area contributed by atoms with Gasteiger partial charge in [0, 0.05) is 11.9 Å². The Bertz CT molecular complexity index is 912. The Morgan fingerprint density at radius 3 is 2.64 bits per heavy atom. The Morgan fingerprint density at radius 1 is 1.36 bits per heavy atom. The van der Waals surface area contributed by atoms with Crippen molar-refractivity contribution < 1.29 is 8.42 Å². The molecule has 0 aliphatic rings. The lowest BCUT2D eigenvalue weighted by Gasteiger charge is -2.01. The van der Waals surface area contributed by atoms with E-state index in [1.165, 1.54) is 6.20 Å². The summed E-state index contributed by atoms with van der Waals surface area (Å²) in [4.78, 5) is 4.16. The number of benzene rings is 1. The van der Waals surface area contributed by atoms with Gasteiger partial charge in [0.05, 0.1) is 15.5 Å². The highest BCUT2D eigenvalue weighted by Gasteiger charge is 2.23. The Balaban J connectivity index is 2.39. The lowest BCUT2D eigenvalue weighted by Crippen LogP contribution is -2.13. The van der Waals surface area contributed by atoms with Crippen LogP contribution in [0.1, 0.15) is 13.8 Å². The number of fused-ring (bicyclic) bond motifs is 1. The van der Waals surface area contributed by atoms with Crippen molar-refractivity contribution >= 4 is 37.1 Å². The molecule has 1 aromatic carbocycles.